The van der Waals surface area contributed by atoms with Crippen molar-refractivity contribution >= 4 is 5.91 Å². The molecule has 5 aliphatic rings. The van der Waals surface area contributed by atoms with Gasteiger partial charge in [0.25, 0.3) is 0 Å². The molecular formula is C29H53N7O10. The Morgan fingerprint density at radius 2 is 1.80 bits per heavy atom. The van der Waals surface area contributed by atoms with Crippen LogP contribution in [0.5, 0.6) is 0 Å². The van der Waals surface area contributed by atoms with Crippen LogP contribution in [-0.2, 0) is 23.7 Å². The maximum atomic E-state index is 13.0. The van der Waals surface area contributed by atoms with Crippen molar-refractivity contribution < 1.29 is 49.3 Å². The highest BCUT2D eigenvalue weighted by molar-refractivity contribution is 5.81. The summed E-state index contributed by atoms with van der Waals surface area (Å²) in [5.41, 5.74) is 17.4. The average Bonchev–Trinajstić information content (AvgIpc) is 2.96. The number of nitrogens with one attached hydrogen (secondary N) is 4. The number of carbonyl (C=O) groups is 1. The van der Waals surface area contributed by atoms with Gasteiger partial charge in [-0.05, 0) is 39.3 Å². The molecule has 4 unspecified atom stereocenters. The molecule has 17 nitrogen and oxygen atoms in total. The molecule has 264 valence electrons. The van der Waals surface area contributed by atoms with E-state index in [4.69, 9.17) is 36.1 Å². The number of ether oxygens (including phenoxy) is 4. The molecule has 17 heteroatoms. The van der Waals surface area contributed by atoms with Gasteiger partial charge in [-0.2, -0.15) is 0 Å². The van der Waals surface area contributed by atoms with Crippen molar-refractivity contribution in [2.45, 2.75) is 111 Å². The average molecular weight is 660 g/mol. The third-order valence-electron chi connectivity index (χ3n) is 10.1. The number of aliphatic hydroxyl groups excluding tert-OH is 4. The topological polar surface area (TPSA) is 281 Å². The van der Waals surface area contributed by atoms with Crippen LogP contribution < -0.4 is 38.5 Å². The highest BCUT2D eigenvalue weighted by atomic mass is 16.7. The minimum atomic E-state index is -1.45. The van der Waals surface area contributed by atoms with E-state index in [9.17, 15) is 30.3 Å². The molecule has 0 radical (unpaired) electrons. The van der Waals surface area contributed by atoms with Gasteiger partial charge in [0.05, 0.1) is 37.4 Å². The van der Waals surface area contributed by atoms with E-state index in [0.29, 0.717) is 44.8 Å². The molecule has 2 saturated carbocycles. The van der Waals surface area contributed by atoms with Gasteiger partial charge in [-0.1, -0.05) is 0 Å². The van der Waals surface area contributed by atoms with E-state index in [1.54, 1.807) is 7.05 Å². The number of rotatable bonds is 12. The molecule has 2 saturated heterocycles. The summed E-state index contributed by atoms with van der Waals surface area (Å²) in [5.74, 6) is -0.349. The quantitative estimate of drug-likeness (QED) is 0.0929. The summed E-state index contributed by atoms with van der Waals surface area (Å²) in [6.45, 7) is 3.20. The Morgan fingerprint density at radius 1 is 1.09 bits per heavy atom. The van der Waals surface area contributed by atoms with Gasteiger partial charge in [0.2, 0.25) is 12.2 Å². The lowest BCUT2D eigenvalue weighted by Crippen LogP contribution is -2.69. The Labute approximate surface area is 268 Å². The number of aliphatic hydroxyl groups is 5. The van der Waals surface area contributed by atoms with Gasteiger partial charge in [-0.25, -0.2) is 0 Å². The van der Waals surface area contributed by atoms with Crippen molar-refractivity contribution in [2.75, 3.05) is 39.8 Å². The van der Waals surface area contributed by atoms with E-state index in [0.717, 1.165) is 0 Å². The van der Waals surface area contributed by atoms with E-state index in [1.165, 1.54) is 6.92 Å². The number of hydrogen-bond acceptors (Lipinski definition) is 16. The molecule has 3 aliphatic heterocycles. The van der Waals surface area contributed by atoms with Crippen LogP contribution in [0.15, 0.2) is 11.8 Å². The predicted octanol–water partition coefficient (Wildman–Crippen LogP) is -5.77. The van der Waals surface area contributed by atoms with Crippen molar-refractivity contribution in [2.24, 2.45) is 29.0 Å². The van der Waals surface area contributed by atoms with Crippen molar-refractivity contribution in [3.63, 3.8) is 0 Å². The Hall–Kier alpha value is -1.55. The van der Waals surface area contributed by atoms with Crippen molar-refractivity contribution in [3.05, 3.63) is 11.8 Å². The molecule has 4 fully saturated rings. The van der Waals surface area contributed by atoms with Crippen LogP contribution in [0.4, 0.5) is 0 Å². The second-order valence-electron chi connectivity index (χ2n) is 13.7. The summed E-state index contributed by atoms with van der Waals surface area (Å²) < 4.78 is 24.1. The minimum Gasteiger partial charge on any atom is -0.467 e. The monoisotopic (exact) mass is 659 g/mol. The molecule has 2 aliphatic carbocycles. The predicted molar refractivity (Wildman–Crippen MR) is 162 cm³/mol. The summed E-state index contributed by atoms with van der Waals surface area (Å²) in [6, 6.07) is -3.15. The Kier molecular flexibility index (Phi) is 11.6. The van der Waals surface area contributed by atoms with Crippen molar-refractivity contribution in [1.82, 2.24) is 21.3 Å². The molecule has 1 amide bonds. The second kappa shape index (κ2) is 14.9. The number of nitrogens with two attached hydrogens (primary N) is 3. The molecule has 0 aromatic carbocycles. The number of carbonyl (C=O) groups excluding carboxylic acids is 1. The smallest absolute Gasteiger partial charge is 0.249 e. The van der Waals surface area contributed by atoms with Crippen molar-refractivity contribution in [3.8, 4) is 0 Å². The molecule has 0 aromatic heterocycles. The highest BCUT2D eigenvalue weighted by Crippen LogP contribution is 2.32. The van der Waals surface area contributed by atoms with Crippen LogP contribution in [0.2, 0.25) is 0 Å². The van der Waals surface area contributed by atoms with Crippen molar-refractivity contribution in [1.29, 1.82) is 0 Å². The van der Waals surface area contributed by atoms with Gasteiger partial charge in [0.15, 0.2) is 6.29 Å². The number of likely N-dealkylation sites (N-methyl/N-ethyl adjacent to an activating group) is 1. The SMILES string of the molecule is CN[C@@H]1[C@@H](O)[C@@H](O[C@@H]2[C@@H](O)[C@H](O[C@H]3OC(CNCC4C(N)CC4O)=CC[C@H]3N)[C@@H](N)C[C@H]2NC(=O)C(O)C2CNC2)OC[C@]1(C)O. The first-order valence-electron chi connectivity index (χ1n) is 16.2. The lowest BCUT2D eigenvalue weighted by atomic mass is 9.77. The maximum absolute atomic E-state index is 13.0. The fourth-order valence-corrected chi connectivity index (χ4v) is 6.90. The molecule has 15 atom stereocenters. The van der Waals surface area contributed by atoms with Crippen LogP contribution in [0.3, 0.4) is 0 Å². The van der Waals surface area contributed by atoms with E-state index >= 15 is 0 Å². The summed E-state index contributed by atoms with van der Waals surface area (Å²) in [4.78, 5) is 13.0. The summed E-state index contributed by atoms with van der Waals surface area (Å²) in [6.07, 6.45) is -6.07. The molecule has 15 N–H and O–H groups in total. The lowest BCUT2D eigenvalue weighted by molar-refractivity contribution is -0.304. The van der Waals surface area contributed by atoms with Gasteiger partial charge in [0, 0.05) is 43.6 Å². The Balaban J connectivity index is 1.26. The van der Waals surface area contributed by atoms with Gasteiger partial charge in [-0.15, -0.1) is 0 Å². The number of amides is 1. The standard InChI is InChI=1S/C29H53N7O10/c1-29(42)11-43-28(22(40)25(29)33-2)46-24-18(36-26(41)20(38)12-7-34-8-12)5-17(32)23(21(24)39)45-27-15(30)4-3-13(44-27)9-35-10-14-16(31)6-19(14)37/h3,12,14-25,27-28,33-35,37-40,42H,4-11,30-32H2,1-2H3,(H,36,41)/t14?,15-,16?,17+,18-,19?,20?,21+,22-,23-,24+,25-,27-,28-,29+/m1/s1. The fraction of sp³-hybridized carbons (Fsp3) is 0.897. The van der Waals surface area contributed by atoms with Crippen LogP contribution in [0.1, 0.15) is 26.2 Å². The maximum Gasteiger partial charge on any atom is 0.249 e. The first-order chi connectivity index (χ1) is 21.8. The zero-order chi connectivity index (χ0) is 33.3. The molecule has 5 rings (SSSR count). The zero-order valence-corrected chi connectivity index (χ0v) is 26.4. The van der Waals surface area contributed by atoms with E-state index in [1.807, 2.05) is 6.08 Å². The highest BCUT2D eigenvalue weighted by Gasteiger charge is 2.52. The van der Waals surface area contributed by atoms with E-state index < -0.39 is 84.9 Å². The summed E-state index contributed by atoms with van der Waals surface area (Å²) in [5, 5.41) is 65.8. The van der Waals surface area contributed by atoms with Gasteiger partial charge in [0.1, 0.15) is 41.9 Å². The number of hydrogen-bond donors (Lipinski definition) is 12. The molecule has 0 bridgehead atoms. The first-order valence-corrected chi connectivity index (χ1v) is 16.2. The summed E-state index contributed by atoms with van der Waals surface area (Å²) >= 11 is 0. The molecular weight excluding hydrogens is 606 g/mol. The van der Waals surface area contributed by atoms with Gasteiger partial charge >= 0.3 is 0 Å². The zero-order valence-electron chi connectivity index (χ0n) is 26.4. The Bertz CT molecular complexity index is 1060. The fourth-order valence-electron chi connectivity index (χ4n) is 6.90. The van der Waals surface area contributed by atoms with Crippen LogP contribution in [-0.4, -0.2) is 156 Å². The lowest BCUT2D eigenvalue weighted by Gasteiger charge is -2.49. The largest absolute Gasteiger partial charge is 0.467 e. The van der Waals surface area contributed by atoms with E-state index in [2.05, 4.69) is 21.3 Å². The van der Waals surface area contributed by atoms with Gasteiger partial charge < -0.3 is 82.9 Å². The molecule has 0 spiro atoms. The molecule has 0 aromatic rings. The van der Waals surface area contributed by atoms with E-state index in [-0.39, 0.29) is 30.9 Å². The van der Waals surface area contributed by atoms with Crippen LogP contribution in [0, 0.1) is 11.8 Å². The first kappa shape index (κ1) is 35.7. The Morgan fingerprint density at radius 3 is 2.43 bits per heavy atom. The van der Waals surface area contributed by atoms with Crippen LogP contribution >= 0.6 is 0 Å². The van der Waals surface area contributed by atoms with Gasteiger partial charge in [-0.3, -0.25) is 4.79 Å². The molecule has 3 heterocycles. The third kappa shape index (κ3) is 7.68. The molecule has 46 heavy (non-hydrogen) atoms. The second-order valence-corrected chi connectivity index (χ2v) is 13.7. The van der Waals surface area contributed by atoms with Crippen LogP contribution in [0.25, 0.3) is 0 Å². The third-order valence-corrected chi connectivity index (χ3v) is 10.1. The minimum absolute atomic E-state index is 0.0353. The normalized spacial score (nSPS) is 45.5. The summed E-state index contributed by atoms with van der Waals surface area (Å²) in [7, 11) is 1.58.